The first kappa shape index (κ1) is 20.3. The van der Waals surface area contributed by atoms with Gasteiger partial charge in [-0.25, -0.2) is 13.1 Å². The van der Waals surface area contributed by atoms with Crippen LogP contribution in [0.4, 0.5) is 8.78 Å². The molecule has 142 valence electrons. The molecule has 2 rings (SSSR count). The molecule has 26 heavy (non-hydrogen) atoms. The lowest BCUT2D eigenvalue weighted by molar-refractivity contribution is -0.0504. The van der Waals surface area contributed by atoms with Crippen molar-refractivity contribution in [3.05, 3.63) is 57.6 Å². The van der Waals surface area contributed by atoms with Gasteiger partial charge in [0.05, 0.1) is 4.90 Å². The summed E-state index contributed by atoms with van der Waals surface area (Å²) in [6.07, 6.45) is 0. The van der Waals surface area contributed by atoms with Gasteiger partial charge in [0.15, 0.2) is 0 Å². The summed E-state index contributed by atoms with van der Waals surface area (Å²) in [5.74, 6) is -0.0464. The number of nitrogens with one attached hydrogen (secondary N) is 1. The van der Waals surface area contributed by atoms with Gasteiger partial charge in [-0.1, -0.05) is 18.2 Å². The number of benzene rings is 2. The van der Waals surface area contributed by atoms with Gasteiger partial charge in [-0.2, -0.15) is 8.78 Å². The molecule has 0 fully saturated rings. The van der Waals surface area contributed by atoms with Gasteiger partial charge in [0.25, 0.3) is 0 Å². The number of para-hydroxylation sites is 1. The van der Waals surface area contributed by atoms with E-state index in [1.54, 1.807) is 32.0 Å². The predicted molar refractivity (Wildman–Crippen MR) is 97.2 cm³/mol. The van der Waals surface area contributed by atoms with Gasteiger partial charge in [-0.3, -0.25) is 0 Å². The topological polar surface area (TPSA) is 55.4 Å². The van der Waals surface area contributed by atoms with Crippen LogP contribution in [0.5, 0.6) is 5.75 Å². The summed E-state index contributed by atoms with van der Waals surface area (Å²) in [4.78, 5) is 0.241. The second-order valence-electron chi connectivity index (χ2n) is 6.26. The molecule has 0 heterocycles. The lowest BCUT2D eigenvalue weighted by Gasteiger charge is -2.19. The van der Waals surface area contributed by atoms with Crippen molar-refractivity contribution in [2.75, 3.05) is 0 Å². The number of hydrogen-bond acceptors (Lipinski definition) is 3. The molecule has 2 aromatic rings. The molecule has 0 unspecified atom stereocenters. The van der Waals surface area contributed by atoms with Gasteiger partial charge >= 0.3 is 6.61 Å². The zero-order valence-corrected chi connectivity index (χ0v) is 16.3. The summed E-state index contributed by atoms with van der Waals surface area (Å²) in [6.45, 7) is 6.18. The van der Waals surface area contributed by atoms with Crippen LogP contribution in [0, 0.1) is 34.6 Å². The van der Waals surface area contributed by atoms with Crippen LogP contribution in [0.15, 0.2) is 29.2 Å². The highest BCUT2D eigenvalue weighted by Gasteiger charge is 2.24. The van der Waals surface area contributed by atoms with E-state index in [9.17, 15) is 17.2 Å². The lowest BCUT2D eigenvalue weighted by atomic mass is 9.95. The molecule has 0 aliphatic rings. The molecule has 0 saturated carbocycles. The minimum Gasteiger partial charge on any atom is -0.434 e. The molecular weight excluding hydrogens is 360 g/mol. The number of alkyl halides is 2. The maximum absolute atomic E-state index is 12.9. The molecule has 0 atom stereocenters. The molecule has 4 nitrogen and oxygen atoms in total. The van der Waals surface area contributed by atoms with Gasteiger partial charge in [-0.15, -0.1) is 0 Å². The van der Waals surface area contributed by atoms with Gasteiger partial charge < -0.3 is 4.74 Å². The lowest BCUT2D eigenvalue weighted by Crippen LogP contribution is -2.26. The van der Waals surface area contributed by atoms with E-state index in [2.05, 4.69) is 9.46 Å². The van der Waals surface area contributed by atoms with Crippen LogP contribution in [0.1, 0.15) is 33.4 Å². The van der Waals surface area contributed by atoms with E-state index in [-0.39, 0.29) is 17.2 Å². The molecule has 0 spiro atoms. The monoisotopic (exact) mass is 383 g/mol. The van der Waals surface area contributed by atoms with Crippen molar-refractivity contribution in [2.45, 2.75) is 52.7 Å². The molecule has 1 N–H and O–H groups in total. The molecule has 0 aliphatic heterocycles. The van der Waals surface area contributed by atoms with E-state index in [0.717, 1.165) is 16.7 Å². The highest BCUT2D eigenvalue weighted by atomic mass is 32.2. The highest BCUT2D eigenvalue weighted by molar-refractivity contribution is 7.89. The van der Waals surface area contributed by atoms with Crippen LogP contribution >= 0.6 is 0 Å². The number of sulfonamides is 1. The second kappa shape index (κ2) is 7.72. The fourth-order valence-electron chi connectivity index (χ4n) is 2.97. The van der Waals surface area contributed by atoms with E-state index in [1.807, 2.05) is 20.8 Å². The zero-order valence-electron chi connectivity index (χ0n) is 15.5. The second-order valence-corrected chi connectivity index (χ2v) is 7.97. The Morgan fingerprint density at radius 2 is 1.42 bits per heavy atom. The molecule has 0 bridgehead atoms. The first-order valence-electron chi connectivity index (χ1n) is 8.15. The average Bonchev–Trinajstić information content (AvgIpc) is 2.57. The van der Waals surface area contributed by atoms with Crippen molar-refractivity contribution in [1.82, 2.24) is 4.72 Å². The molecule has 0 radical (unpaired) electrons. The van der Waals surface area contributed by atoms with Gasteiger partial charge in [0.2, 0.25) is 10.0 Å². The fraction of sp³-hybridized carbons (Fsp3) is 0.368. The number of ether oxygens (including phenoxy) is 1. The third kappa shape index (κ3) is 4.04. The summed E-state index contributed by atoms with van der Waals surface area (Å²) in [5, 5.41) is 0. The summed E-state index contributed by atoms with van der Waals surface area (Å²) >= 11 is 0. The van der Waals surface area contributed by atoms with Crippen molar-refractivity contribution in [2.24, 2.45) is 0 Å². The summed E-state index contributed by atoms with van der Waals surface area (Å²) < 4.78 is 57.8. The zero-order chi connectivity index (χ0) is 19.6. The van der Waals surface area contributed by atoms with Crippen molar-refractivity contribution >= 4 is 10.0 Å². The number of hydrogen-bond donors (Lipinski definition) is 1. The Hall–Kier alpha value is -1.99. The van der Waals surface area contributed by atoms with E-state index in [4.69, 9.17) is 0 Å². The Morgan fingerprint density at radius 1 is 0.923 bits per heavy atom. The van der Waals surface area contributed by atoms with Gasteiger partial charge in [-0.05, 0) is 68.5 Å². The molecule has 7 heteroatoms. The smallest absolute Gasteiger partial charge is 0.387 e. The minimum absolute atomic E-state index is 0.0464. The van der Waals surface area contributed by atoms with Crippen LogP contribution in [0.2, 0.25) is 0 Å². The van der Waals surface area contributed by atoms with Crippen molar-refractivity contribution in [3.63, 3.8) is 0 Å². The quantitative estimate of drug-likeness (QED) is 0.809. The van der Waals surface area contributed by atoms with E-state index in [1.165, 1.54) is 6.07 Å². The minimum atomic E-state index is -3.82. The molecule has 0 aromatic heterocycles. The molecule has 0 aliphatic carbocycles. The largest absolute Gasteiger partial charge is 0.434 e. The summed E-state index contributed by atoms with van der Waals surface area (Å²) in [5.41, 5.74) is 4.64. The van der Waals surface area contributed by atoms with E-state index >= 15 is 0 Å². The Balaban J connectivity index is 2.38. The highest BCUT2D eigenvalue weighted by Crippen LogP contribution is 2.30. The molecule has 2 aromatic carbocycles. The normalized spacial score (nSPS) is 11.8. The molecule has 0 amide bonds. The first-order valence-corrected chi connectivity index (χ1v) is 9.64. The third-order valence-corrected chi connectivity index (χ3v) is 6.52. The van der Waals surface area contributed by atoms with Crippen molar-refractivity contribution in [3.8, 4) is 5.75 Å². The summed E-state index contributed by atoms with van der Waals surface area (Å²) in [6, 6.07) is 6.12. The Labute approximate surface area is 153 Å². The molecular formula is C19H23F2NO3S. The molecule has 0 saturated heterocycles. The maximum Gasteiger partial charge on any atom is 0.387 e. The SMILES string of the molecule is Cc1c(C)c(C)c(S(=O)(=O)NCc2ccccc2OC(F)F)c(C)c1C. The standard InChI is InChI=1S/C19H23F2NO3S/c1-11-12(2)14(4)18(15(5)13(11)3)26(23,24)22-10-16-8-6-7-9-17(16)25-19(20)21/h6-9,19,22H,10H2,1-5H3. The van der Waals surface area contributed by atoms with Crippen LogP contribution in [-0.2, 0) is 16.6 Å². The Kier molecular flexibility index (Phi) is 6.03. The van der Waals surface area contributed by atoms with Gasteiger partial charge in [0, 0.05) is 12.1 Å². The van der Waals surface area contributed by atoms with Crippen LogP contribution in [-0.4, -0.2) is 15.0 Å². The van der Waals surface area contributed by atoms with Crippen LogP contribution in [0.3, 0.4) is 0 Å². The predicted octanol–water partition coefficient (Wildman–Crippen LogP) is 4.31. The maximum atomic E-state index is 12.9. The fourth-order valence-corrected chi connectivity index (χ4v) is 4.58. The Morgan fingerprint density at radius 3 is 1.96 bits per heavy atom. The van der Waals surface area contributed by atoms with Crippen LogP contribution < -0.4 is 9.46 Å². The van der Waals surface area contributed by atoms with E-state index < -0.39 is 16.6 Å². The third-order valence-electron chi connectivity index (χ3n) is 4.84. The van der Waals surface area contributed by atoms with Crippen molar-refractivity contribution < 1.29 is 21.9 Å². The van der Waals surface area contributed by atoms with E-state index in [0.29, 0.717) is 16.7 Å². The van der Waals surface area contributed by atoms with Gasteiger partial charge in [0.1, 0.15) is 5.75 Å². The average molecular weight is 383 g/mol. The summed E-state index contributed by atoms with van der Waals surface area (Å²) in [7, 11) is -3.82. The van der Waals surface area contributed by atoms with Crippen molar-refractivity contribution in [1.29, 1.82) is 0 Å². The Bertz CT molecular complexity index is 896. The number of rotatable bonds is 6. The number of halogens is 2. The first-order chi connectivity index (χ1) is 12.1. The van der Waals surface area contributed by atoms with Crippen LogP contribution in [0.25, 0.3) is 0 Å².